The second-order valence-corrected chi connectivity index (χ2v) is 2.53. The lowest BCUT2D eigenvalue weighted by atomic mass is 9.82. The van der Waals surface area contributed by atoms with Crippen LogP contribution in [-0.4, -0.2) is 5.24 Å². The third kappa shape index (κ3) is 0.920. The van der Waals surface area contributed by atoms with Crippen molar-refractivity contribution in [2.45, 2.75) is 12.8 Å². The molecule has 1 nitrogen and oxygen atoms in total. The fourth-order valence-electron chi connectivity index (χ4n) is 0.798. The van der Waals surface area contributed by atoms with E-state index in [-0.39, 0.29) is 11.2 Å². The molecule has 1 aliphatic carbocycles. The number of carbonyl (C=O) groups is 1. The van der Waals surface area contributed by atoms with Crippen molar-refractivity contribution >= 4 is 16.8 Å². The molecule has 0 atom stereocenters. The summed E-state index contributed by atoms with van der Waals surface area (Å²) in [6, 6.07) is 0. The first-order valence-electron chi connectivity index (χ1n) is 2.56. The van der Waals surface area contributed by atoms with Crippen molar-refractivity contribution < 1.29 is 4.79 Å². The minimum absolute atomic E-state index is 0.0872. The van der Waals surface area contributed by atoms with Gasteiger partial charge in [-0.1, -0.05) is 12.2 Å². The molecule has 0 aromatic rings. The van der Waals surface area contributed by atoms with Crippen molar-refractivity contribution in [3.05, 3.63) is 12.2 Å². The largest absolute Gasteiger partial charge is 0.281 e. The number of carbonyl (C=O) groups excluding carboxylic acids is 1. The predicted octanol–water partition coefficient (Wildman–Crippen LogP) is 1.72. The number of halogens is 1. The summed E-state index contributed by atoms with van der Waals surface area (Å²) >= 11 is 5.16. The Morgan fingerprint density at radius 2 is 2.25 bits per heavy atom. The Morgan fingerprint density at radius 1 is 1.75 bits per heavy atom. The molecule has 0 saturated heterocycles. The first-order valence-corrected chi connectivity index (χ1v) is 2.94. The summed E-state index contributed by atoms with van der Waals surface area (Å²) < 4.78 is 0. The molecule has 0 aromatic heterocycles. The maximum atomic E-state index is 10.3. The molecule has 0 unspecified atom stereocenters. The van der Waals surface area contributed by atoms with Gasteiger partial charge in [0.15, 0.2) is 0 Å². The number of hydrogen-bond acceptors (Lipinski definition) is 1. The molecule has 0 heterocycles. The standard InChI is InChI=1S/C6H7ClO/c1-4-2-5(3-4)6(7)8/h5H,1-3H2. The molecule has 44 valence electrons. The average Bonchev–Trinajstić information content (AvgIpc) is 1.57. The van der Waals surface area contributed by atoms with Gasteiger partial charge in [0.25, 0.3) is 0 Å². The molecular weight excluding hydrogens is 124 g/mol. The van der Waals surface area contributed by atoms with Crippen LogP contribution < -0.4 is 0 Å². The Bertz CT molecular complexity index is 131. The predicted molar refractivity (Wildman–Crippen MR) is 32.7 cm³/mol. The van der Waals surface area contributed by atoms with Crippen molar-refractivity contribution in [3.8, 4) is 0 Å². The molecule has 1 rings (SSSR count). The van der Waals surface area contributed by atoms with Crippen LogP contribution in [0.2, 0.25) is 0 Å². The van der Waals surface area contributed by atoms with Crippen molar-refractivity contribution in [3.63, 3.8) is 0 Å². The Kier molecular flexibility index (Phi) is 1.39. The smallest absolute Gasteiger partial charge is 0.225 e. The Morgan fingerprint density at radius 3 is 2.38 bits per heavy atom. The highest BCUT2D eigenvalue weighted by atomic mass is 35.5. The molecule has 0 bridgehead atoms. The molecular formula is C6H7ClO. The van der Waals surface area contributed by atoms with Crippen LogP contribution in [0, 0.1) is 5.92 Å². The first-order chi connectivity index (χ1) is 3.70. The van der Waals surface area contributed by atoms with Gasteiger partial charge in [-0.15, -0.1) is 0 Å². The van der Waals surface area contributed by atoms with Gasteiger partial charge < -0.3 is 0 Å². The van der Waals surface area contributed by atoms with Gasteiger partial charge in [0, 0.05) is 5.92 Å². The second kappa shape index (κ2) is 1.90. The minimum Gasteiger partial charge on any atom is -0.281 e. The summed E-state index contributed by atoms with van der Waals surface area (Å²) in [4.78, 5) is 10.3. The molecule has 1 aliphatic rings. The van der Waals surface area contributed by atoms with Crippen molar-refractivity contribution in [1.82, 2.24) is 0 Å². The van der Waals surface area contributed by atoms with Gasteiger partial charge in [0.2, 0.25) is 5.24 Å². The van der Waals surface area contributed by atoms with Gasteiger partial charge in [0.1, 0.15) is 0 Å². The maximum Gasteiger partial charge on any atom is 0.225 e. The lowest BCUT2D eigenvalue weighted by molar-refractivity contribution is -0.116. The molecule has 0 aliphatic heterocycles. The van der Waals surface area contributed by atoms with Gasteiger partial charge in [-0.3, -0.25) is 4.79 Å². The minimum atomic E-state index is -0.211. The molecule has 0 amide bonds. The SMILES string of the molecule is C=C1CC(C(=O)Cl)C1. The van der Waals surface area contributed by atoms with Crippen LogP contribution in [0.5, 0.6) is 0 Å². The summed E-state index contributed by atoms with van der Waals surface area (Å²) in [5.74, 6) is 0.0872. The lowest BCUT2D eigenvalue weighted by Crippen LogP contribution is -2.19. The molecule has 8 heavy (non-hydrogen) atoms. The van der Waals surface area contributed by atoms with Gasteiger partial charge in [0.05, 0.1) is 0 Å². The van der Waals surface area contributed by atoms with E-state index in [1.54, 1.807) is 0 Å². The molecule has 0 radical (unpaired) electrons. The fourth-order valence-corrected chi connectivity index (χ4v) is 0.952. The highest BCUT2D eigenvalue weighted by Gasteiger charge is 2.26. The van der Waals surface area contributed by atoms with Crippen LogP contribution in [0.25, 0.3) is 0 Å². The van der Waals surface area contributed by atoms with E-state index in [0.717, 1.165) is 18.4 Å². The summed E-state index contributed by atoms with van der Waals surface area (Å²) in [7, 11) is 0. The summed E-state index contributed by atoms with van der Waals surface area (Å²) in [6.07, 6.45) is 1.62. The van der Waals surface area contributed by atoms with Crippen LogP contribution >= 0.6 is 11.6 Å². The molecule has 1 fully saturated rings. The average molecular weight is 131 g/mol. The second-order valence-electron chi connectivity index (χ2n) is 2.16. The van der Waals surface area contributed by atoms with Crippen LogP contribution in [0.4, 0.5) is 0 Å². The zero-order valence-electron chi connectivity index (χ0n) is 4.48. The van der Waals surface area contributed by atoms with Gasteiger partial charge in [-0.25, -0.2) is 0 Å². The summed E-state index contributed by atoms with van der Waals surface area (Å²) in [5.41, 5.74) is 1.14. The normalized spacial score (nSPS) is 20.4. The van der Waals surface area contributed by atoms with Gasteiger partial charge >= 0.3 is 0 Å². The summed E-state index contributed by atoms with van der Waals surface area (Å²) in [5, 5.41) is -0.211. The number of allylic oxidation sites excluding steroid dienone is 1. The van der Waals surface area contributed by atoms with E-state index < -0.39 is 0 Å². The first kappa shape index (κ1) is 5.83. The van der Waals surface area contributed by atoms with E-state index in [4.69, 9.17) is 11.6 Å². The van der Waals surface area contributed by atoms with Crippen molar-refractivity contribution in [2.75, 3.05) is 0 Å². The zero-order valence-corrected chi connectivity index (χ0v) is 5.24. The highest BCUT2D eigenvalue weighted by molar-refractivity contribution is 6.64. The molecule has 1 saturated carbocycles. The van der Waals surface area contributed by atoms with Crippen LogP contribution in [0.3, 0.4) is 0 Å². The van der Waals surface area contributed by atoms with E-state index in [9.17, 15) is 4.79 Å². The molecule has 0 N–H and O–H groups in total. The maximum absolute atomic E-state index is 10.3. The van der Waals surface area contributed by atoms with E-state index in [0.29, 0.717) is 0 Å². The fraction of sp³-hybridized carbons (Fsp3) is 0.500. The van der Waals surface area contributed by atoms with E-state index in [1.165, 1.54) is 0 Å². The zero-order chi connectivity index (χ0) is 6.15. The molecule has 0 aromatic carbocycles. The Balaban J connectivity index is 2.35. The summed E-state index contributed by atoms with van der Waals surface area (Å²) in [6.45, 7) is 3.68. The monoisotopic (exact) mass is 130 g/mol. The van der Waals surface area contributed by atoms with Crippen molar-refractivity contribution in [2.24, 2.45) is 5.92 Å². The highest BCUT2D eigenvalue weighted by Crippen LogP contribution is 2.32. The van der Waals surface area contributed by atoms with E-state index >= 15 is 0 Å². The van der Waals surface area contributed by atoms with Crippen LogP contribution in [-0.2, 0) is 4.79 Å². The lowest BCUT2D eigenvalue weighted by Gasteiger charge is -2.23. The topological polar surface area (TPSA) is 17.1 Å². The van der Waals surface area contributed by atoms with Crippen molar-refractivity contribution in [1.29, 1.82) is 0 Å². The number of rotatable bonds is 1. The molecule has 0 spiro atoms. The van der Waals surface area contributed by atoms with E-state index in [2.05, 4.69) is 6.58 Å². The van der Waals surface area contributed by atoms with Crippen LogP contribution in [0.15, 0.2) is 12.2 Å². The van der Waals surface area contributed by atoms with Crippen LogP contribution in [0.1, 0.15) is 12.8 Å². The number of hydrogen-bond donors (Lipinski definition) is 0. The quantitative estimate of drug-likeness (QED) is 0.390. The van der Waals surface area contributed by atoms with E-state index in [1.807, 2.05) is 0 Å². The Hall–Kier alpha value is -0.300. The van der Waals surface area contributed by atoms with Gasteiger partial charge in [-0.2, -0.15) is 0 Å². The van der Waals surface area contributed by atoms with Gasteiger partial charge in [-0.05, 0) is 24.4 Å². The molecule has 2 heteroatoms. The third-order valence-corrected chi connectivity index (χ3v) is 1.70. The third-order valence-electron chi connectivity index (χ3n) is 1.39. The Labute approximate surface area is 53.3 Å².